The van der Waals surface area contributed by atoms with Gasteiger partial charge in [0.2, 0.25) is 39.6 Å². The fourth-order valence-corrected chi connectivity index (χ4v) is 5.01. The molecule has 6 rings (SSSR count). The van der Waals surface area contributed by atoms with Crippen molar-refractivity contribution in [2.24, 2.45) is 0 Å². The van der Waals surface area contributed by atoms with E-state index in [1.165, 1.54) is 116 Å². The number of rotatable bonds is 9. The summed E-state index contributed by atoms with van der Waals surface area (Å²) >= 11 is -4.51. The van der Waals surface area contributed by atoms with Crippen LogP contribution in [0.4, 0.5) is 0 Å². The third kappa shape index (κ3) is 116. The van der Waals surface area contributed by atoms with Crippen LogP contribution in [-0.4, -0.2) is 194 Å². The molecule has 8 N–H and O–H groups in total. The molecule has 6 aliphatic rings. The van der Waals surface area contributed by atoms with Crippen molar-refractivity contribution < 1.29 is 162 Å². The van der Waals surface area contributed by atoms with Crippen molar-refractivity contribution in [3.05, 3.63) is 31.9 Å². The van der Waals surface area contributed by atoms with Crippen LogP contribution < -0.4 is 69.0 Å². The summed E-state index contributed by atoms with van der Waals surface area (Å²) in [6.07, 6.45) is 24.4. The molecule has 6 aliphatic heterocycles. The summed E-state index contributed by atoms with van der Waals surface area (Å²) in [5.41, 5.74) is 0. The minimum absolute atomic E-state index is 0. The van der Waals surface area contributed by atoms with Crippen LogP contribution in [0.15, 0.2) is 0 Å². The number of ether oxygens (including phenoxy) is 6. The summed E-state index contributed by atoms with van der Waals surface area (Å²) in [6, 6.07) is 0. The summed E-state index contributed by atoms with van der Waals surface area (Å²) in [7, 11) is 10.8. The van der Waals surface area contributed by atoms with Gasteiger partial charge in [0.05, 0.1) is 0 Å². The van der Waals surface area contributed by atoms with Crippen molar-refractivity contribution in [2.75, 3.05) is 161 Å². The molecule has 0 atom stereocenters. The van der Waals surface area contributed by atoms with Crippen LogP contribution in [0.2, 0.25) is 0 Å². The fourth-order valence-electron chi connectivity index (χ4n) is 5.01. The van der Waals surface area contributed by atoms with Gasteiger partial charge in [-0.15, -0.1) is 78.5 Å². The number of aliphatic hydroxyl groups is 12. The summed E-state index contributed by atoms with van der Waals surface area (Å²) in [5.74, 6) is 0. The molecule has 0 unspecified atom stereocenters. The topological polar surface area (TPSA) is 238 Å². The molecular weight excluding hydrogens is 1280 g/mol. The fraction of sp³-hybridized carbons (Fsp3) is 1.00. The van der Waals surface area contributed by atoms with Crippen LogP contribution in [-0.2, 0) is 4.47 Å². The van der Waals surface area contributed by atoms with Crippen molar-refractivity contribution in [3.63, 3.8) is 0 Å². The Morgan fingerprint density at radius 1 is 0.328 bits per heavy atom. The van der Waals surface area contributed by atoms with Crippen molar-refractivity contribution in [3.8, 4) is 0 Å². The summed E-state index contributed by atoms with van der Waals surface area (Å²) in [5, 5.41) is 25.1. The van der Waals surface area contributed by atoms with Gasteiger partial charge in [0.25, 0.3) is 0 Å². The van der Waals surface area contributed by atoms with E-state index < -0.39 is 55.6 Å². The summed E-state index contributed by atoms with van der Waals surface area (Å²) in [6.45, 7) is 18.7. The molecule has 0 aliphatic carbocycles. The quantitative estimate of drug-likeness (QED) is 0.125. The first-order valence-corrected chi connectivity index (χ1v) is 29.9. The Bertz CT molecular complexity index is 562. The molecule has 0 aromatic rings. The molecule has 6 saturated heterocycles. The van der Waals surface area contributed by atoms with E-state index in [9.17, 15) is 0 Å². The van der Waals surface area contributed by atoms with E-state index in [1.807, 2.05) is 0 Å². The zero-order chi connectivity index (χ0) is 45.4. The minimum atomic E-state index is -2.51. The van der Waals surface area contributed by atoms with E-state index in [0.717, 1.165) is 118 Å². The third-order valence-corrected chi connectivity index (χ3v) is 8.44. The second-order valence-corrected chi connectivity index (χ2v) is 15.3. The van der Waals surface area contributed by atoms with Crippen LogP contribution in [0.25, 0.3) is 31.9 Å². The van der Waals surface area contributed by atoms with E-state index in [1.54, 1.807) is 42.7 Å². The van der Waals surface area contributed by atoms with E-state index >= 15 is 0 Å². The predicted molar refractivity (Wildman–Crippen MR) is 245 cm³/mol. The molecule has 0 aromatic carbocycles. The summed E-state index contributed by atoms with van der Waals surface area (Å²) in [4.78, 5) is 0. The van der Waals surface area contributed by atoms with Crippen LogP contribution in [0.5, 0.6) is 0 Å². The molecule has 64 heavy (non-hydrogen) atoms. The molecule has 16 nitrogen and oxygen atoms in total. The van der Waals surface area contributed by atoms with Gasteiger partial charge in [-0.1, -0.05) is 116 Å². The normalized spacial score (nSPS) is 16.3. The molecule has 0 spiro atoms. The van der Waals surface area contributed by atoms with Crippen LogP contribution in [0.3, 0.4) is 0 Å². The van der Waals surface area contributed by atoms with E-state index in [4.69, 9.17) is 8.94 Å². The molecule has 0 amide bonds. The zero-order valence-electron chi connectivity index (χ0n) is 42.9. The second-order valence-electron chi connectivity index (χ2n) is 13.8. The van der Waals surface area contributed by atoms with Crippen molar-refractivity contribution in [1.82, 2.24) is 0 Å². The average Bonchev–Trinajstić information content (AvgIpc) is 3.35. The van der Waals surface area contributed by atoms with E-state index in [2.05, 4.69) is 60.3 Å². The zero-order valence-corrected chi connectivity index (χ0v) is 52.0. The molecule has 368 valence electrons. The number of piperidine rings is 6. The van der Waals surface area contributed by atoms with Gasteiger partial charge in [0, 0.05) is 0 Å². The second kappa shape index (κ2) is 99.2. The van der Waals surface area contributed by atoms with Gasteiger partial charge >= 0.3 is 121 Å². The van der Waals surface area contributed by atoms with Crippen molar-refractivity contribution in [1.29, 1.82) is 0 Å². The Kier molecular flexibility index (Phi) is 134. The summed E-state index contributed by atoms with van der Waals surface area (Å²) < 4.78 is 54.8. The molecule has 0 radical (unpaired) electrons. The average molecular weight is 1380 g/mol. The Morgan fingerprint density at radius 2 is 0.422 bits per heavy atom. The van der Waals surface area contributed by atoms with Crippen LogP contribution >= 0.6 is 0 Å². The maximum absolute atomic E-state index is 8.58. The van der Waals surface area contributed by atoms with Crippen molar-refractivity contribution in [2.45, 2.75) is 116 Å². The molecule has 22 heteroatoms. The van der Waals surface area contributed by atoms with Crippen LogP contribution in [0, 0.1) is 55.6 Å². The first-order chi connectivity index (χ1) is 29.6. The molecule has 0 saturated carbocycles. The molecular formula is C42H98ClLi3N6O10U2+6. The molecule has 0 bridgehead atoms. The number of halogens is 1. The Labute approximate surface area is 465 Å². The first kappa shape index (κ1) is 86.7. The predicted octanol–water partition coefficient (Wildman–Crippen LogP) is -5.41. The maximum atomic E-state index is 8.58. The van der Waals surface area contributed by atoms with Gasteiger partial charge in [-0.25, -0.2) is 0 Å². The van der Waals surface area contributed by atoms with Gasteiger partial charge in [-0.3, -0.25) is 0 Å². The molecule has 6 fully saturated rings. The van der Waals surface area contributed by atoms with E-state index in [-0.39, 0.29) is 69.0 Å². The number of hydrogen-bond acceptors (Lipinski definition) is 2. The molecule has 6 heterocycles. The van der Waals surface area contributed by atoms with Crippen molar-refractivity contribution >= 4 is 0 Å². The monoisotopic (exact) mass is 1380 g/mol. The van der Waals surface area contributed by atoms with Gasteiger partial charge < -0.3 is 72.7 Å². The number of hydrogen-bond donors (Lipinski definition) is 0. The Morgan fingerprint density at radius 3 is 0.453 bits per heavy atom. The first-order valence-electron chi connectivity index (χ1n) is 22.7. The number of nitrogens with zero attached hydrogens (tertiary/aromatic N) is 6. The standard InChI is InChI=1S/6C5H10N.3C4H10O2.ClH.3Li.2H2O.2O.2U/c6*1-2-4-6-5-3-1;3*1-5-3-4-6-2;;;;;;;;;;/h6*1-5H2;3*3-4H2,1-2H3;1H;;;;2*1H2;;;;/q6*-1;;;;;3*+1;;;;;+2;+4/p+3. The van der Waals surface area contributed by atoms with Gasteiger partial charge in [0.15, 0.2) is 0 Å². The Hall–Kier alpha value is 2.91. The van der Waals surface area contributed by atoms with Gasteiger partial charge in [0.1, 0.15) is 42.7 Å². The third-order valence-electron chi connectivity index (χ3n) is 8.44. The van der Waals surface area contributed by atoms with Crippen LogP contribution in [0.1, 0.15) is 116 Å². The SMILES string of the molecule is C1CC[N-]CC1.C1CC[N-]CC1.C1CC[N-]CC1.C1CC[N-]CC1.C1CC[N-]CC1.C1CC[N-]CC1.C[OH+]CC[OH+]C.C[OH+]CC[OH+]C.C[OH+]CC[OH+]C.[Cl-].[Li+].[Li+].[Li+].[OH+]=[U]=[OH+].[O]=[U+2]=[O]. The van der Waals surface area contributed by atoms with E-state index in [0.29, 0.717) is 0 Å². The van der Waals surface area contributed by atoms with Gasteiger partial charge in [-0.05, 0) is 0 Å². The van der Waals surface area contributed by atoms with Gasteiger partial charge in [-0.2, -0.15) is 0 Å². The Balaban J connectivity index is -0.0000000742. The molecule has 0 aromatic heterocycles.